The fourth-order valence-electron chi connectivity index (χ4n) is 2.08. The van der Waals surface area contributed by atoms with Gasteiger partial charge >= 0.3 is 0 Å². The first-order valence-corrected chi connectivity index (χ1v) is 8.97. The molecule has 0 bridgehead atoms. The van der Waals surface area contributed by atoms with Crippen LogP contribution in [-0.2, 0) is 10.0 Å². The molecule has 2 aromatic rings. The zero-order valence-electron chi connectivity index (χ0n) is 14.2. The Morgan fingerprint density at radius 2 is 1.54 bits per heavy atom. The van der Waals surface area contributed by atoms with Gasteiger partial charge < -0.3 is 5.32 Å². The molecule has 0 fully saturated rings. The summed E-state index contributed by atoms with van der Waals surface area (Å²) in [5.41, 5.74) is -1.43. The first-order valence-electron chi connectivity index (χ1n) is 7.49. The van der Waals surface area contributed by atoms with Gasteiger partial charge in [-0.2, -0.15) is 0 Å². The highest BCUT2D eigenvalue weighted by molar-refractivity contribution is 7.89. The first kappa shape index (κ1) is 19.9. The van der Waals surface area contributed by atoms with Gasteiger partial charge in [-0.1, -0.05) is 0 Å². The average molecular weight is 386 g/mol. The van der Waals surface area contributed by atoms with Gasteiger partial charge in [0.2, 0.25) is 10.0 Å². The number of carbonyl (C=O) groups excluding carboxylic acids is 1. The predicted octanol–water partition coefficient (Wildman–Crippen LogP) is 3.43. The van der Waals surface area contributed by atoms with Crippen molar-refractivity contribution in [1.82, 2.24) is 4.72 Å². The van der Waals surface area contributed by atoms with Crippen LogP contribution in [0.5, 0.6) is 0 Å². The van der Waals surface area contributed by atoms with Crippen LogP contribution < -0.4 is 10.0 Å². The summed E-state index contributed by atoms with van der Waals surface area (Å²) in [7, 11) is -3.98. The Morgan fingerprint density at radius 3 is 2.12 bits per heavy atom. The smallest absolute Gasteiger partial charge is 0.258 e. The molecule has 0 heterocycles. The number of nitrogens with one attached hydrogen (secondary N) is 2. The highest BCUT2D eigenvalue weighted by atomic mass is 32.2. The number of anilines is 1. The van der Waals surface area contributed by atoms with Crippen molar-refractivity contribution in [3.63, 3.8) is 0 Å². The van der Waals surface area contributed by atoms with Crippen molar-refractivity contribution in [2.24, 2.45) is 0 Å². The van der Waals surface area contributed by atoms with E-state index in [1.165, 1.54) is 0 Å². The van der Waals surface area contributed by atoms with E-state index in [9.17, 15) is 26.4 Å². The normalized spacial score (nSPS) is 12.1. The van der Waals surface area contributed by atoms with E-state index in [1.807, 2.05) is 0 Å². The molecule has 26 heavy (non-hydrogen) atoms. The summed E-state index contributed by atoms with van der Waals surface area (Å²) >= 11 is 0. The van der Waals surface area contributed by atoms with Crippen LogP contribution in [0.15, 0.2) is 41.3 Å². The summed E-state index contributed by atoms with van der Waals surface area (Å²) < 4.78 is 67.1. The van der Waals surface area contributed by atoms with E-state index in [0.29, 0.717) is 0 Å². The van der Waals surface area contributed by atoms with E-state index in [4.69, 9.17) is 0 Å². The van der Waals surface area contributed by atoms with Crippen LogP contribution in [0.3, 0.4) is 0 Å². The number of carbonyl (C=O) groups is 1. The highest BCUT2D eigenvalue weighted by Gasteiger charge is 2.24. The molecule has 0 atom stereocenters. The molecule has 2 N–H and O–H groups in total. The van der Waals surface area contributed by atoms with Gasteiger partial charge in [-0.05, 0) is 51.1 Å². The molecule has 0 spiro atoms. The van der Waals surface area contributed by atoms with Crippen molar-refractivity contribution in [1.29, 1.82) is 0 Å². The molecule has 0 radical (unpaired) electrons. The van der Waals surface area contributed by atoms with Crippen molar-refractivity contribution in [3.8, 4) is 0 Å². The Morgan fingerprint density at radius 1 is 0.923 bits per heavy atom. The topological polar surface area (TPSA) is 75.3 Å². The summed E-state index contributed by atoms with van der Waals surface area (Å²) in [5, 5.41) is 2.19. The van der Waals surface area contributed by atoms with Gasteiger partial charge in [0.15, 0.2) is 11.6 Å². The maximum Gasteiger partial charge on any atom is 0.258 e. The minimum Gasteiger partial charge on any atom is -0.322 e. The minimum atomic E-state index is -3.98. The van der Waals surface area contributed by atoms with Crippen LogP contribution in [0.25, 0.3) is 0 Å². The van der Waals surface area contributed by atoms with Crippen molar-refractivity contribution >= 4 is 21.6 Å². The quantitative estimate of drug-likeness (QED) is 0.845. The van der Waals surface area contributed by atoms with Gasteiger partial charge in [0.05, 0.1) is 10.5 Å². The van der Waals surface area contributed by atoms with Crippen LogP contribution in [0.2, 0.25) is 0 Å². The van der Waals surface area contributed by atoms with Crippen LogP contribution in [0.1, 0.15) is 31.1 Å². The van der Waals surface area contributed by atoms with Gasteiger partial charge in [0.25, 0.3) is 5.91 Å². The monoisotopic (exact) mass is 386 g/mol. The number of hydrogen-bond donors (Lipinski definition) is 2. The molecule has 140 valence electrons. The minimum absolute atomic E-state index is 0.102. The Balaban J connectivity index is 2.34. The molecule has 2 rings (SSSR count). The molecule has 5 nitrogen and oxygen atoms in total. The van der Waals surface area contributed by atoms with Gasteiger partial charge in [0.1, 0.15) is 5.82 Å². The number of hydrogen-bond acceptors (Lipinski definition) is 3. The molecule has 0 aliphatic heterocycles. The molecule has 1 amide bonds. The van der Waals surface area contributed by atoms with E-state index in [1.54, 1.807) is 20.8 Å². The summed E-state index contributed by atoms with van der Waals surface area (Å²) in [6, 6.07) is 5.37. The van der Waals surface area contributed by atoms with Crippen molar-refractivity contribution < 1.29 is 26.4 Å². The van der Waals surface area contributed by atoms with Crippen molar-refractivity contribution in [2.45, 2.75) is 31.2 Å². The lowest BCUT2D eigenvalue weighted by molar-refractivity contribution is 0.102. The van der Waals surface area contributed by atoms with Crippen LogP contribution in [-0.4, -0.2) is 19.9 Å². The maximum atomic E-state index is 14.0. The summed E-state index contributed by atoms with van der Waals surface area (Å²) in [6.07, 6.45) is 0. The first-order chi connectivity index (χ1) is 11.9. The van der Waals surface area contributed by atoms with E-state index in [2.05, 4.69) is 10.0 Å². The number of halogens is 3. The zero-order chi connectivity index (χ0) is 19.7. The zero-order valence-corrected chi connectivity index (χ0v) is 15.0. The molecule has 0 unspecified atom stereocenters. The number of rotatable bonds is 4. The summed E-state index contributed by atoms with van der Waals surface area (Å²) in [6.45, 7) is 4.89. The third-order valence-corrected chi connectivity index (χ3v) is 4.87. The molecule has 2 aromatic carbocycles. The van der Waals surface area contributed by atoms with E-state index in [-0.39, 0.29) is 10.6 Å². The van der Waals surface area contributed by atoms with E-state index in [0.717, 1.165) is 36.4 Å². The highest BCUT2D eigenvalue weighted by Crippen LogP contribution is 2.19. The molecule has 0 aliphatic carbocycles. The molecule has 0 aliphatic rings. The number of sulfonamides is 1. The van der Waals surface area contributed by atoms with Crippen LogP contribution in [0.4, 0.5) is 18.9 Å². The molecule has 0 saturated heterocycles. The second kappa shape index (κ2) is 7.08. The molecular weight excluding hydrogens is 369 g/mol. The molecule has 0 aromatic heterocycles. The Hall–Kier alpha value is -2.39. The second-order valence-electron chi connectivity index (χ2n) is 6.58. The Bertz CT molecular complexity index is 954. The Labute approximate surface area is 149 Å². The largest absolute Gasteiger partial charge is 0.322 e. The molecule has 0 saturated carbocycles. The third-order valence-electron chi connectivity index (χ3n) is 3.11. The van der Waals surface area contributed by atoms with Gasteiger partial charge in [-0.25, -0.2) is 26.3 Å². The lowest BCUT2D eigenvalue weighted by Crippen LogP contribution is -2.40. The number of benzene rings is 2. The predicted molar refractivity (Wildman–Crippen MR) is 90.8 cm³/mol. The molecule has 9 heteroatoms. The van der Waals surface area contributed by atoms with Crippen LogP contribution in [0, 0.1) is 17.5 Å². The summed E-state index contributed by atoms with van der Waals surface area (Å²) in [4.78, 5) is 11.9. The maximum absolute atomic E-state index is 14.0. The lowest BCUT2D eigenvalue weighted by atomic mass is 10.1. The second-order valence-corrected chi connectivity index (χ2v) is 8.26. The van der Waals surface area contributed by atoms with Gasteiger partial charge in [-0.3, -0.25) is 4.79 Å². The van der Waals surface area contributed by atoms with E-state index < -0.39 is 44.5 Å². The van der Waals surface area contributed by atoms with Crippen molar-refractivity contribution in [2.75, 3.05) is 5.32 Å². The van der Waals surface area contributed by atoms with Crippen molar-refractivity contribution in [3.05, 3.63) is 59.4 Å². The fraction of sp³-hybridized carbons (Fsp3) is 0.235. The number of amides is 1. The fourth-order valence-corrected chi connectivity index (χ4v) is 3.52. The average Bonchev–Trinajstić information content (AvgIpc) is 2.48. The van der Waals surface area contributed by atoms with Gasteiger partial charge in [-0.15, -0.1) is 0 Å². The lowest BCUT2D eigenvalue weighted by Gasteiger charge is -2.20. The SMILES string of the molecule is CC(C)(C)NS(=O)(=O)c1ccc(F)c(C(=O)Nc2ccc(F)c(F)c2)c1. The summed E-state index contributed by atoms with van der Waals surface area (Å²) in [5.74, 6) is -4.24. The molecular formula is C17H17F3N2O3S. The third kappa shape index (κ3) is 4.83. The van der Waals surface area contributed by atoms with E-state index >= 15 is 0 Å². The van der Waals surface area contributed by atoms with Crippen LogP contribution >= 0.6 is 0 Å². The van der Waals surface area contributed by atoms with Gasteiger partial charge in [0, 0.05) is 17.3 Å². The Kier molecular flexibility index (Phi) is 5.43. The standard InChI is InChI=1S/C17H17F3N2O3S/c1-17(2,3)22-26(24,25)11-5-7-13(18)12(9-11)16(23)21-10-4-6-14(19)15(20)8-10/h4-9,22H,1-3H3,(H,21,23).